The van der Waals surface area contributed by atoms with Gasteiger partial charge in [0.2, 0.25) is 0 Å². The van der Waals surface area contributed by atoms with Gasteiger partial charge in [-0.25, -0.2) is 0 Å². The maximum atomic E-state index is 10.3. The van der Waals surface area contributed by atoms with Gasteiger partial charge < -0.3 is 5.11 Å². The van der Waals surface area contributed by atoms with Crippen molar-refractivity contribution in [2.45, 2.75) is 44.1 Å². The molecule has 0 aromatic carbocycles. The third-order valence-electron chi connectivity index (χ3n) is 4.16. The van der Waals surface area contributed by atoms with E-state index >= 15 is 0 Å². The van der Waals surface area contributed by atoms with Crippen LogP contribution in [0.5, 0.6) is 0 Å². The molecule has 1 heteroatoms. The zero-order chi connectivity index (χ0) is 8.18. The van der Waals surface area contributed by atoms with Gasteiger partial charge in [0.05, 0.1) is 5.60 Å². The summed E-state index contributed by atoms with van der Waals surface area (Å²) in [7, 11) is 0. The topological polar surface area (TPSA) is 20.2 Å². The molecule has 12 heavy (non-hydrogen) atoms. The summed E-state index contributed by atoms with van der Waals surface area (Å²) in [6, 6.07) is 0. The van der Waals surface area contributed by atoms with Crippen LogP contribution in [-0.4, -0.2) is 10.7 Å². The molecule has 0 bridgehead atoms. The summed E-state index contributed by atoms with van der Waals surface area (Å²) >= 11 is 0. The molecule has 0 spiro atoms. The van der Waals surface area contributed by atoms with E-state index in [2.05, 4.69) is 6.08 Å². The van der Waals surface area contributed by atoms with E-state index in [0.29, 0.717) is 11.8 Å². The summed E-state index contributed by atoms with van der Waals surface area (Å²) in [5.41, 5.74) is 1.37. The van der Waals surface area contributed by atoms with Crippen molar-refractivity contribution in [1.29, 1.82) is 0 Å². The van der Waals surface area contributed by atoms with Crippen molar-refractivity contribution in [2.75, 3.05) is 0 Å². The number of hydrogen-bond acceptors (Lipinski definition) is 1. The van der Waals surface area contributed by atoms with Crippen LogP contribution in [0.2, 0.25) is 0 Å². The first-order chi connectivity index (χ1) is 5.82. The Morgan fingerprint density at radius 1 is 1.25 bits per heavy atom. The molecule has 3 atom stereocenters. The quantitative estimate of drug-likeness (QED) is 0.544. The summed E-state index contributed by atoms with van der Waals surface area (Å²) in [5.74, 6) is 1.14. The summed E-state index contributed by atoms with van der Waals surface area (Å²) in [6.07, 6.45) is 9.77. The molecular formula is C11H16O. The second kappa shape index (κ2) is 2.14. The van der Waals surface area contributed by atoms with Gasteiger partial charge in [0.25, 0.3) is 0 Å². The smallest absolute Gasteiger partial charge is 0.0777 e. The van der Waals surface area contributed by atoms with Gasteiger partial charge in [0.1, 0.15) is 0 Å². The second-order valence-corrected chi connectivity index (χ2v) is 4.62. The SMILES string of the molecule is O[C@]12CCC[C@H]1C1=CCCC[C@H]12. The monoisotopic (exact) mass is 164 g/mol. The minimum Gasteiger partial charge on any atom is -0.389 e. The Hall–Kier alpha value is -0.300. The van der Waals surface area contributed by atoms with Crippen molar-refractivity contribution in [3.05, 3.63) is 11.6 Å². The molecular weight excluding hydrogens is 148 g/mol. The van der Waals surface area contributed by atoms with Crippen LogP contribution in [-0.2, 0) is 0 Å². The molecule has 0 aromatic rings. The van der Waals surface area contributed by atoms with Gasteiger partial charge in [-0.2, -0.15) is 0 Å². The molecule has 0 saturated heterocycles. The summed E-state index contributed by atoms with van der Waals surface area (Å²) < 4.78 is 0. The van der Waals surface area contributed by atoms with Crippen molar-refractivity contribution < 1.29 is 5.11 Å². The standard InChI is InChI=1S/C11H16O/c12-11-7-3-6-10(11)8-4-1-2-5-9(8)11/h4,9-10,12H,1-3,5-7H2/t9-,10+,11+/m1/s1. The first-order valence-corrected chi connectivity index (χ1v) is 5.25. The van der Waals surface area contributed by atoms with Gasteiger partial charge in [-0.15, -0.1) is 0 Å². The average Bonchev–Trinajstić information content (AvgIpc) is 2.43. The van der Waals surface area contributed by atoms with E-state index in [0.717, 1.165) is 6.42 Å². The van der Waals surface area contributed by atoms with Crippen LogP contribution in [0.4, 0.5) is 0 Å². The third-order valence-corrected chi connectivity index (χ3v) is 4.16. The van der Waals surface area contributed by atoms with Crippen molar-refractivity contribution in [3.63, 3.8) is 0 Å². The molecule has 3 rings (SSSR count). The minimum absolute atomic E-state index is 0.244. The Balaban J connectivity index is 1.97. The van der Waals surface area contributed by atoms with Crippen LogP contribution in [0.15, 0.2) is 11.6 Å². The van der Waals surface area contributed by atoms with Gasteiger partial charge in [-0.3, -0.25) is 0 Å². The highest BCUT2D eigenvalue weighted by Gasteiger charge is 2.59. The van der Waals surface area contributed by atoms with Crippen molar-refractivity contribution in [2.24, 2.45) is 11.8 Å². The fourth-order valence-electron chi connectivity index (χ4n) is 3.61. The van der Waals surface area contributed by atoms with Crippen LogP contribution in [0.3, 0.4) is 0 Å². The summed E-state index contributed by atoms with van der Waals surface area (Å²) in [4.78, 5) is 0. The predicted molar refractivity (Wildman–Crippen MR) is 47.7 cm³/mol. The molecule has 0 unspecified atom stereocenters. The van der Waals surface area contributed by atoms with Gasteiger partial charge in [-0.05, 0) is 38.5 Å². The second-order valence-electron chi connectivity index (χ2n) is 4.62. The van der Waals surface area contributed by atoms with Crippen LogP contribution in [0.25, 0.3) is 0 Å². The number of fused-ring (bicyclic) bond motifs is 4. The first-order valence-electron chi connectivity index (χ1n) is 5.25. The van der Waals surface area contributed by atoms with Crippen LogP contribution in [0, 0.1) is 11.8 Å². The van der Waals surface area contributed by atoms with Gasteiger partial charge in [0, 0.05) is 11.8 Å². The maximum Gasteiger partial charge on any atom is 0.0777 e. The lowest BCUT2D eigenvalue weighted by Crippen LogP contribution is -2.55. The molecule has 2 saturated carbocycles. The molecule has 0 radical (unpaired) electrons. The molecule has 0 heterocycles. The number of allylic oxidation sites excluding steroid dienone is 1. The molecule has 1 nitrogen and oxygen atoms in total. The lowest BCUT2D eigenvalue weighted by Gasteiger charge is -2.53. The lowest BCUT2D eigenvalue weighted by molar-refractivity contribution is -0.0887. The fraction of sp³-hybridized carbons (Fsp3) is 0.818. The van der Waals surface area contributed by atoms with Gasteiger partial charge >= 0.3 is 0 Å². The van der Waals surface area contributed by atoms with E-state index in [1.54, 1.807) is 5.57 Å². The van der Waals surface area contributed by atoms with E-state index in [1.165, 1.54) is 32.1 Å². The largest absolute Gasteiger partial charge is 0.389 e. The minimum atomic E-state index is -0.244. The third kappa shape index (κ3) is 0.646. The van der Waals surface area contributed by atoms with E-state index in [9.17, 15) is 5.11 Å². The summed E-state index contributed by atoms with van der Waals surface area (Å²) in [5, 5.41) is 10.3. The van der Waals surface area contributed by atoms with Crippen molar-refractivity contribution >= 4 is 0 Å². The molecule has 1 N–H and O–H groups in total. The molecule has 0 amide bonds. The molecule has 66 valence electrons. The molecule has 2 fully saturated rings. The predicted octanol–water partition coefficient (Wildman–Crippen LogP) is 2.26. The number of aliphatic hydroxyl groups is 1. The molecule has 3 aliphatic rings. The normalized spacial score (nSPS) is 50.6. The summed E-state index contributed by atoms with van der Waals surface area (Å²) in [6.45, 7) is 0. The fourth-order valence-corrected chi connectivity index (χ4v) is 3.61. The molecule has 0 aromatic heterocycles. The van der Waals surface area contributed by atoms with E-state index in [-0.39, 0.29) is 5.60 Å². The highest BCUT2D eigenvalue weighted by atomic mass is 16.3. The van der Waals surface area contributed by atoms with Crippen molar-refractivity contribution in [3.8, 4) is 0 Å². The first kappa shape index (κ1) is 7.14. The van der Waals surface area contributed by atoms with E-state index in [1.807, 2.05) is 0 Å². The number of hydrogen-bond donors (Lipinski definition) is 1. The highest BCUT2D eigenvalue weighted by Crippen LogP contribution is 2.60. The Morgan fingerprint density at radius 3 is 2.83 bits per heavy atom. The van der Waals surface area contributed by atoms with E-state index in [4.69, 9.17) is 0 Å². The number of rotatable bonds is 0. The zero-order valence-corrected chi connectivity index (χ0v) is 7.42. The molecule has 3 aliphatic carbocycles. The van der Waals surface area contributed by atoms with Crippen LogP contribution < -0.4 is 0 Å². The Bertz CT molecular complexity index is 243. The Kier molecular flexibility index (Phi) is 1.27. The zero-order valence-electron chi connectivity index (χ0n) is 7.42. The van der Waals surface area contributed by atoms with Crippen LogP contribution >= 0.6 is 0 Å². The Morgan fingerprint density at radius 2 is 2.00 bits per heavy atom. The highest BCUT2D eigenvalue weighted by molar-refractivity contribution is 5.34. The van der Waals surface area contributed by atoms with E-state index < -0.39 is 0 Å². The van der Waals surface area contributed by atoms with Gasteiger partial charge in [-0.1, -0.05) is 11.6 Å². The molecule has 0 aliphatic heterocycles. The lowest BCUT2D eigenvalue weighted by atomic mass is 9.55. The average molecular weight is 164 g/mol. The van der Waals surface area contributed by atoms with Crippen molar-refractivity contribution in [1.82, 2.24) is 0 Å². The maximum absolute atomic E-state index is 10.3. The van der Waals surface area contributed by atoms with Gasteiger partial charge in [0.15, 0.2) is 0 Å². The van der Waals surface area contributed by atoms with Crippen LogP contribution in [0.1, 0.15) is 38.5 Å². The Labute approximate surface area is 73.5 Å².